The molecule has 0 radical (unpaired) electrons. The summed E-state index contributed by atoms with van der Waals surface area (Å²) in [5.74, 6) is 0. The normalized spacial score (nSPS) is 13.8. The first-order valence-electron chi connectivity index (χ1n) is 9.51. The van der Waals surface area contributed by atoms with Crippen molar-refractivity contribution in [3.8, 4) is 0 Å². The van der Waals surface area contributed by atoms with Gasteiger partial charge >= 0.3 is 0 Å². The van der Waals surface area contributed by atoms with Crippen LogP contribution in [0.1, 0.15) is 67.2 Å². The zero-order valence-corrected chi connectivity index (χ0v) is 19.2. The molecule has 0 unspecified atom stereocenters. The van der Waals surface area contributed by atoms with Gasteiger partial charge in [0.1, 0.15) is 10.8 Å². The molecule has 4 nitrogen and oxygen atoms in total. The van der Waals surface area contributed by atoms with Crippen LogP contribution in [-0.4, -0.2) is 56.3 Å². The van der Waals surface area contributed by atoms with Crippen LogP contribution in [0.2, 0.25) is 5.67 Å². The minimum Gasteiger partial charge on any atom is -0.355 e. The molecule has 23 heavy (non-hydrogen) atoms. The molecule has 0 rings (SSSR count). The fourth-order valence-corrected chi connectivity index (χ4v) is 9.37. The van der Waals surface area contributed by atoms with Crippen LogP contribution in [-0.2, 0) is 18.9 Å². The predicted molar refractivity (Wildman–Crippen MR) is 104 cm³/mol. The van der Waals surface area contributed by atoms with E-state index in [-0.39, 0.29) is 10.8 Å². The number of hydrogen-bond donors (Lipinski definition) is 0. The van der Waals surface area contributed by atoms with E-state index < -0.39 is 19.0 Å². The average molecular weight is 365 g/mol. The second-order valence-corrected chi connectivity index (χ2v) is 12.9. The fraction of sp³-hybridized carbons (Fsp3) is 1.00. The van der Waals surface area contributed by atoms with Gasteiger partial charge in [0, 0.05) is 26.4 Å². The zero-order valence-electron chi connectivity index (χ0n) is 16.4. The standard InChI is InChI=1S/C17H40O4Si2/c1-7-11-18-16(5,19-12-8-2)22-15-23-17(6,20-13-9-3)21-14-10-4/h7-15,22-23H2,1-6H3. The lowest BCUT2D eigenvalue weighted by Crippen LogP contribution is -2.45. The lowest BCUT2D eigenvalue weighted by Gasteiger charge is -2.33. The Balaban J connectivity index is 4.47. The molecule has 0 aliphatic heterocycles. The predicted octanol–water partition coefficient (Wildman–Crippen LogP) is 2.75. The lowest BCUT2D eigenvalue weighted by molar-refractivity contribution is -0.171. The first-order valence-corrected chi connectivity index (χ1v) is 12.9. The molecule has 6 heteroatoms. The van der Waals surface area contributed by atoms with Crippen molar-refractivity contribution in [2.75, 3.05) is 26.4 Å². The van der Waals surface area contributed by atoms with Gasteiger partial charge in [0.25, 0.3) is 0 Å². The Morgan fingerprint density at radius 1 is 0.565 bits per heavy atom. The lowest BCUT2D eigenvalue weighted by atomic mass is 10.5. The van der Waals surface area contributed by atoms with Crippen LogP contribution in [0.3, 0.4) is 0 Å². The topological polar surface area (TPSA) is 36.9 Å². The molecule has 0 bridgehead atoms. The Morgan fingerprint density at radius 3 is 1.04 bits per heavy atom. The van der Waals surface area contributed by atoms with E-state index in [9.17, 15) is 0 Å². The molecule has 0 spiro atoms. The summed E-state index contributed by atoms with van der Waals surface area (Å²) in [7, 11) is -0.962. The summed E-state index contributed by atoms with van der Waals surface area (Å²) in [6, 6.07) is 0. The van der Waals surface area contributed by atoms with Crippen molar-refractivity contribution in [2.45, 2.75) is 83.7 Å². The Bertz CT molecular complexity index is 235. The summed E-state index contributed by atoms with van der Waals surface area (Å²) in [6.07, 6.45) is 4.14. The Morgan fingerprint density at radius 2 is 0.826 bits per heavy atom. The van der Waals surface area contributed by atoms with Gasteiger partial charge in [-0.2, -0.15) is 0 Å². The highest BCUT2D eigenvalue weighted by Crippen LogP contribution is 2.18. The highest BCUT2D eigenvalue weighted by atomic mass is 28.3. The van der Waals surface area contributed by atoms with Crippen molar-refractivity contribution in [1.82, 2.24) is 0 Å². The number of ether oxygens (including phenoxy) is 4. The molecule has 0 aliphatic rings. The van der Waals surface area contributed by atoms with Crippen molar-refractivity contribution in [2.24, 2.45) is 0 Å². The van der Waals surface area contributed by atoms with Crippen molar-refractivity contribution in [3.63, 3.8) is 0 Å². The number of hydrogen-bond acceptors (Lipinski definition) is 4. The largest absolute Gasteiger partial charge is 0.355 e. The van der Waals surface area contributed by atoms with E-state index in [1.165, 1.54) is 5.67 Å². The van der Waals surface area contributed by atoms with E-state index >= 15 is 0 Å². The van der Waals surface area contributed by atoms with Crippen molar-refractivity contribution >= 4 is 19.0 Å². The SMILES string of the molecule is CCCOC(C)(OCCC)[SiH2]C[SiH2]C(C)(OCCC)OCCC. The third-order valence-electron chi connectivity index (χ3n) is 3.71. The van der Waals surface area contributed by atoms with Gasteiger partial charge in [-0.25, -0.2) is 0 Å². The van der Waals surface area contributed by atoms with Gasteiger partial charge in [0.15, 0.2) is 0 Å². The van der Waals surface area contributed by atoms with E-state index in [4.69, 9.17) is 18.9 Å². The summed E-state index contributed by atoms with van der Waals surface area (Å²) in [6.45, 7) is 16.0. The molecular weight excluding hydrogens is 324 g/mol. The van der Waals surface area contributed by atoms with Gasteiger partial charge in [-0.05, 0) is 39.5 Å². The van der Waals surface area contributed by atoms with Crippen LogP contribution < -0.4 is 0 Å². The minimum absolute atomic E-state index is 0.324. The molecular formula is C17H40O4Si2. The third kappa shape index (κ3) is 11.5. The average Bonchev–Trinajstić information content (AvgIpc) is 2.55. The zero-order chi connectivity index (χ0) is 17.6. The molecule has 0 fully saturated rings. The summed E-state index contributed by atoms with van der Waals surface area (Å²) < 4.78 is 24.2. The molecule has 0 atom stereocenters. The monoisotopic (exact) mass is 364 g/mol. The van der Waals surface area contributed by atoms with E-state index in [0.717, 1.165) is 52.1 Å². The smallest absolute Gasteiger partial charge is 0.142 e. The Hall–Kier alpha value is 0.274. The van der Waals surface area contributed by atoms with Crippen LogP contribution in [0, 0.1) is 0 Å². The third-order valence-corrected chi connectivity index (χ3v) is 9.17. The molecule has 0 aromatic heterocycles. The molecule has 0 amide bonds. The summed E-state index contributed by atoms with van der Waals surface area (Å²) in [5, 5.41) is 0. The van der Waals surface area contributed by atoms with Gasteiger partial charge < -0.3 is 18.9 Å². The molecule has 0 heterocycles. The second kappa shape index (κ2) is 13.6. The number of rotatable bonds is 16. The minimum atomic E-state index is -0.481. The molecule has 0 aromatic rings. The van der Waals surface area contributed by atoms with E-state index in [2.05, 4.69) is 41.5 Å². The van der Waals surface area contributed by atoms with Crippen LogP contribution in [0.25, 0.3) is 0 Å². The van der Waals surface area contributed by atoms with Crippen LogP contribution in [0.15, 0.2) is 0 Å². The maximum atomic E-state index is 6.04. The van der Waals surface area contributed by atoms with Gasteiger partial charge in [0.05, 0.1) is 19.0 Å². The quantitative estimate of drug-likeness (QED) is 0.312. The van der Waals surface area contributed by atoms with Crippen molar-refractivity contribution < 1.29 is 18.9 Å². The van der Waals surface area contributed by atoms with Crippen LogP contribution >= 0.6 is 0 Å². The van der Waals surface area contributed by atoms with Crippen molar-refractivity contribution in [3.05, 3.63) is 0 Å². The molecule has 0 aromatic carbocycles. The van der Waals surface area contributed by atoms with Gasteiger partial charge in [-0.3, -0.25) is 0 Å². The first kappa shape index (κ1) is 23.3. The first-order chi connectivity index (χ1) is 10.9. The van der Waals surface area contributed by atoms with Crippen molar-refractivity contribution in [1.29, 1.82) is 0 Å². The maximum Gasteiger partial charge on any atom is 0.142 e. The van der Waals surface area contributed by atoms with Crippen LogP contribution in [0.5, 0.6) is 0 Å². The van der Waals surface area contributed by atoms with Gasteiger partial charge in [-0.15, -0.1) is 0 Å². The molecule has 0 aliphatic carbocycles. The van der Waals surface area contributed by atoms with Gasteiger partial charge in [-0.1, -0.05) is 33.4 Å². The fourth-order valence-electron chi connectivity index (χ4n) is 2.37. The molecule has 0 saturated carbocycles. The highest BCUT2D eigenvalue weighted by Gasteiger charge is 2.30. The van der Waals surface area contributed by atoms with E-state index in [1.807, 2.05) is 0 Å². The Kier molecular flexibility index (Phi) is 13.7. The van der Waals surface area contributed by atoms with E-state index in [0.29, 0.717) is 0 Å². The van der Waals surface area contributed by atoms with E-state index in [1.54, 1.807) is 0 Å². The highest BCUT2D eigenvalue weighted by molar-refractivity contribution is 6.58. The summed E-state index contributed by atoms with van der Waals surface area (Å²) in [5.41, 5.74) is 0.582. The molecule has 0 saturated heterocycles. The van der Waals surface area contributed by atoms with Crippen LogP contribution in [0.4, 0.5) is 0 Å². The van der Waals surface area contributed by atoms with Gasteiger partial charge in [0.2, 0.25) is 0 Å². The maximum absolute atomic E-state index is 6.04. The molecule has 140 valence electrons. The molecule has 0 N–H and O–H groups in total. The Labute approximate surface area is 148 Å². The summed E-state index contributed by atoms with van der Waals surface area (Å²) in [4.78, 5) is 0. The second-order valence-electron chi connectivity index (χ2n) is 6.52. The summed E-state index contributed by atoms with van der Waals surface area (Å²) >= 11 is 0.